The van der Waals surface area contributed by atoms with Gasteiger partial charge in [-0.05, 0) is 43.0 Å². The maximum absolute atomic E-state index is 13.0. The molecule has 0 aromatic heterocycles. The van der Waals surface area contributed by atoms with Crippen LogP contribution in [0.4, 0.5) is 4.39 Å². The molecule has 0 N–H and O–H groups in total. The minimum absolute atomic E-state index is 0.00220. The van der Waals surface area contributed by atoms with Gasteiger partial charge in [-0.3, -0.25) is 0 Å². The fourth-order valence-electron chi connectivity index (χ4n) is 3.47. The molecule has 3 rings (SSSR count). The van der Waals surface area contributed by atoms with Gasteiger partial charge in [0, 0.05) is 19.1 Å². The lowest BCUT2D eigenvalue weighted by atomic mass is 10.1. The Morgan fingerprint density at radius 1 is 1.27 bits per heavy atom. The van der Waals surface area contributed by atoms with Crippen LogP contribution in [-0.2, 0) is 14.8 Å². The molecule has 1 aromatic rings. The minimum Gasteiger partial charge on any atom is -0.376 e. The Balaban J connectivity index is 1.80. The van der Waals surface area contributed by atoms with Crippen LogP contribution in [0, 0.1) is 17.7 Å². The molecule has 1 heterocycles. The van der Waals surface area contributed by atoms with Crippen LogP contribution >= 0.6 is 0 Å². The first-order valence-electron chi connectivity index (χ1n) is 7.78. The summed E-state index contributed by atoms with van der Waals surface area (Å²) in [6.07, 6.45) is 1.86. The number of benzene rings is 1. The molecule has 0 unspecified atom stereocenters. The second-order valence-electron chi connectivity index (χ2n) is 6.63. The number of sulfonamides is 1. The normalized spacial score (nSPS) is 28.6. The zero-order chi connectivity index (χ0) is 15.9. The number of hydrogen-bond acceptors (Lipinski definition) is 3. The topological polar surface area (TPSA) is 46.6 Å². The van der Waals surface area contributed by atoms with E-state index in [0.29, 0.717) is 19.1 Å². The van der Waals surface area contributed by atoms with Crippen molar-refractivity contribution in [3.63, 3.8) is 0 Å². The number of hydrogen-bond donors (Lipinski definition) is 0. The van der Waals surface area contributed by atoms with E-state index in [1.807, 2.05) is 0 Å². The molecule has 2 fully saturated rings. The summed E-state index contributed by atoms with van der Waals surface area (Å²) in [6, 6.07) is 4.96. The van der Waals surface area contributed by atoms with E-state index >= 15 is 0 Å². The first-order chi connectivity index (χ1) is 10.4. The molecule has 1 aliphatic heterocycles. The monoisotopic (exact) mass is 327 g/mol. The van der Waals surface area contributed by atoms with E-state index in [2.05, 4.69) is 13.8 Å². The Morgan fingerprint density at radius 3 is 2.59 bits per heavy atom. The van der Waals surface area contributed by atoms with E-state index in [4.69, 9.17) is 4.74 Å². The van der Waals surface area contributed by atoms with Crippen LogP contribution in [-0.4, -0.2) is 38.0 Å². The fourth-order valence-corrected chi connectivity index (χ4v) is 5.19. The number of ether oxygens (including phenoxy) is 1. The molecule has 122 valence electrons. The van der Waals surface area contributed by atoms with Crippen LogP contribution in [0.3, 0.4) is 0 Å². The van der Waals surface area contributed by atoms with Crippen molar-refractivity contribution >= 4 is 10.0 Å². The molecule has 0 spiro atoms. The Bertz CT molecular complexity index is 629. The summed E-state index contributed by atoms with van der Waals surface area (Å²) >= 11 is 0. The standard InChI is InChI=1S/C16H22FNO3S/c1-11(2)10-21-16-12-3-8-15(16)18(9-12)22(19,20)14-6-4-13(17)5-7-14/h4-7,11-12,15-16H,3,8-10H2,1-2H3/t12-,15+,16-/m0/s1. The number of halogens is 1. The van der Waals surface area contributed by atoms with E-state index in [1.165, 1.54) is 24.3 Å². The molecule has 0 amide bonds. The second-order valence-corrected chi connectivity index (χ2v) is 8.52. The van der Waals surface area contributed by atoms with Crippen LogP contribution in [0.25, 0.3) is 0 Å². The third kappa shape index (κ3) is 2.79. The molecule has 0 radical (unpaired) electrons. The van der Waals surface area contributed by atoms with E-state index in [-0.39, 0.29) is 23.0 Å². The third-order valence-corrected chi connectivity index (χ3v) is 6.41. The molecular weight excluding hydrogens is 305 g/mol. The van der Waals surface area contributed by atoms with Gasteiger partial charge in [-0.2, -0.15) is 4.31 Å². The summed E-state index contributed by atoms with van der Waals surface area (Å²) in [7, 11) is -3.57. The van der Waals surface area contributed by atoms with Crippen molar-refractivity contribution in [2.75, 3.05) is 13.2 Å². The van der Waals surface area contributed by atoms with E-state index < -0.39 is 15.8 Å². The average Bonchev–Trinajstić information content (AvgIpc) is 3.02. The Kier molecular flexibility index (Phi) is 4.27. The molecule has 3 atom stereocenters. The van der Waals surface area contributed by atoms with Gasteiger partial charge in [0.05, 0.1) is 17.0 Å². The summed E-state index contributed by atoms with van der Waals surface area (Å²) in [6.45, 7) is 5.34. The first-order valence-corrected chi connectivity index (χ1v) is 9.22. The maximum Gasteiger partial charge on any atom is 0.243 e. The lowest BCUT2D eigenvalue weighted by Gasteiger charge is -2.26. The van der Waals surface area contributed by atoms with Crippen molar-refractivity contribution in [3.8, 4) is 0 Å². The quantitative estimate of drug-likeness (QED) is 0.835. The lowest BCUT2D eigenvalue weighted by molar-refractivity contribution is 0.0182. The van der Waals surface area contributed by atoms with Gasteiger partial charge in [0.25, 0.3) is 0 Å². The highest BCUT2D eigenvalue weighted by atomic mass is 32.2. The van der Waals surface area contributed by atoms with Gasteiger partial charge >= 0.3 is 0 Å². The highest BCUT2D eigenvalue weighted by molar-refractivity contribution is 7.89. The van der Waals surface area contributed by atoms with Crippen molar-refractivity contribution in [1.82, 2.24) is 4.31 Å². The van der Waals surface area contributed by atoms with Gasteiger partial charge in [-0.1, -0.05) is 13.8 Å². The van der Waals surface area contributed by atoms with Crippen molar-refractivity contribution < 1.29 is 17.5 Å². The minimum atomic E-state index is -3.57. The molecular formula is C16H22FNO3S. The van der Waals surface area contributed by atoms with Crippen LogP contribution in [0.1, 0.15) is 26.7 Å². The number of nitrogens with zero attached hydrogens (tertiary/aromatic N) is 1. The van der Waals surface area contributed by atoms with Gasteiger partial charge in [-0.15, -0.1) is 0 Å². The van der Waals surface area contributed by atoms with Crippen molar-refractivity contribution in [1.29, 1.82) is 0 Å². The molecule has 1 aliphatic carbocycles. The zero-order valence-electron chi connectivity index (χ0n) is 12.9. The number of fused-ring (bicyclic) bond motifs is 2. The molecule has 4 nitrogen and oxygen atoms in total. The van der Waals surface area contributed by atoms with Crippen LogP contribution in [0.2, 0.25) is 0 Å². The predicted molar refractivity (Wildman–Crippen MR) is 81.4 cm³/mol. The number of piperidine rings is 1. The van der Waals surface area contributed by atoms with Gasteiger partial charge in [0.15, 0.2) is 0 Å². The van der Waals surface area contributed by atoms with Crippen LogP contribution in [0.5, 0.6) is 0 Å². The Morgan fingerprint density at radius 2 is 1.95 bits per heavy atom. The summed E-state index contributed by atoms with van der Waals surface area (Å²) in [4.78, 5) is 0.157. The van der Waals surface area contributed by atoms with Gasteiger partial charge in [-0.25, -0.2) is 12.8 Å². The molecule has 1 saturated heterocycles. The summed E-state index contributed by atoms with van der Waals surface area (Å²) in [5, 5.41) is 0. The van der Waals surface area contributed by atoms with Crippen molar-refractivity contribution in [3.05, 3.63) is 30.1 Å². The van der Waals surface area contributed by atoms with Gasteiger partial charge in [0.2, 0.25) is 10.0 Å². The highest BCUT2D eigenvalue weighted by Crippen LogP contribution is 2.42. The fraction of sp³-hybridized carbons (Fsp3) is 0.625. The second kappa shape index (κ2) is 5.91. The number of rotatable bonds is 5. The Hall–Kier alpha value is -0.980. The molecule has 2 bridgehead atoms. The van der Waals surface area contributed by atoms with Crippen LogP contribution < -0.4 is 0 Å². The summed E-state index contributed by atoms with van der Waals surface area (Å²) in [5.41, 5.74) is 0. The first kappa shape index (κ1) is 15.9. The van der Waals surface area contributed by atoms with E-state index in [9.17, 15) is 12.8 Å². The van der Waals surface area contributed by atoms with Crippen molar-refractivity contribution in [2.24, 2.45) is 11.8 Å². The van der Waals surface area contributed by atoms with Gasteiger partial charge < -0.3 is 4.74 Å². The predicted octanol–water partition coefficient (Wildman–Crippen LogP) is 2.65. The maximum atomic E-state index is 13.0. The van der Waals surface area contributed by atoms with Crippen molar-refractivity contribution in [2.45, 2.75) is 43.7 Å². The highest BCUT2D eigenvalue weighted by Gasteiger charge is 2.52. The molecule has 22 heavy (non-hydrogen) atoms. The van der Waals surface area contributed by atoms with Gasteiger partial charge in [0.1, 0.15) is 5.82 Å². The summed E-state index contributed by atoms with van der Waals surface area (Å²) in [5.74, 6) is 0.279. The molecule has 1 aromatic carbocycles. The average molecular weight is 327 g/mol. The molecule has 1 saturated carbocycles. The summed E-state index contributed by atoms with van der Waals surface area (Å²) < 4.78 is 46.1. The molecule has 2 aliphatic rings. The molecule has 6 heteroatoms. The smallest absolute Gasteiger partial charge is 0.243 e. The zero-order valence-corrected chi connectivity index (χ0v) is 13.7. The van der Waals surface area contributed by atoms with Crippen LogP contribution in [0.15, 0.2) is 29.2 Å². The Labute approximate surface area is 131 Å². The van der Waals surface area contributed by atoms with E-state index in [0.717, 1.165) is 12.8 Å². The largest absolute Gasteiger partial charge is 0.376 e. The third-order valence-electron chi connectivity index (χ3n) is 4.50. The lowest BCUT2D eigenvalue weighted by Crippen LogP contribution is -2.40. The van der Waals surface area contributed by atoms with E-state index in [1.54, 1.807) is 4.31 Å². The SMILES string of the molecule is CC(C)CO[C@H]1[C@H]2CC[C@H]1N(S(=O)(=O)c1ccc(F)cc1)C2.